The third-order valence-corrected chi connectivity index (χ3v) is 9.80. The summed E-state index contributed by atoms with van der Waals surface area (Å²) in [6.45, 7) is 1.31. The molecule has 0 aromatic heterocycles. The van der Waals surface area contributed by atoms with E-state index in [1.165, 1.54) is 60.5 Å². The van der Waals surface area contributed by atoms with Crippen LogP contribution < -0.4 is 14.4 Å². The number of benzene rings is 4. The lowest BCUT2D eigenvalue weighted by Crippen LogP contribution is -2.53. The molecule has 0 radical (unpaired) electrons. The van der Waals surface area contributed by atoms with E-state index in [1.807, 2.05) is 30.3 Å². The molecule has 0 saturated heterocycles. The number of amides is 2. The lowest BCUT2D eigenvalue weighted by Gasteiger charge is -2.34. The van der Waals surface area contributed by atoms with Gasteiger partial charge in [0.25, 0.3) is 10.0 Å². The normalized spacial score (nSPS) is 11.8. The molecule has 4 rings (SSSR count). The van der Waals surface area contributed by atoms with Crippen LogP contribution in [0.2, 0.25) is 15.1 Å². The average Bonchev–Trinajstić information content (AvgIpc) is 3.03. The highest BCUT2D eigenvalue weighted by atomic mass is 35.5. The molecule has 4 aromatic carbocycles. The fourth-order valence-corrected chi connectivity index (χ4v) is 6.77. The Labute approximate surface area is 278 Å². The van der Waals surface area contributed by atoms with Crippen molar-refractivity contribution in [1.82, 2.24) is 10.2 Å². The van der Waals surface area contributed by atoms with Gasteiger partial charge in [-0.3, -0.25) is 13.9 Å². The van der Waals surface area contributed by atoms with Crippen LogP contribution in [-0.4, -0.2) is 51.4 Å². The van der Waals surface area contributed by atoms with E-state index < -0.39 is 34.4 Å². The Morgan fingerprint density at radius 2 is 1.47 bits per heavy atom. The summed E-state index contributed by atoms with van der Waals surface area (Å²) in [5, 5.41) is 3.81. The summed E-state index contributed by atoms with van der Waals surface area (Å²) in [5.41, 5.74) is 1.43. The van der Waals surface area contributed by atoms with Crippen molar-refractivity contribution >= 4 is 62.3 Å². The van der Waals surface area contributed by atoms with Crippen LogP contribution in [0.4, 0.5) is 5.69 Å². The molecule has 1 unspecified atom stereocenters. The van der Waals surface area contributed by atoms with Crippen LogP contribution >= 0.6 is 34.8 Å². The predicted molar refractivity (Wildman–Crippen MR) is 179 cm³/mol. The van der Waals surface area contributed by atoms with Crippen molar-refractivity contribution in [3.8, 4) is 5.75 Å². The standard InChI is InChI=1S/C33H32Cl3N3O5S/c1-3-37-33(41)31(20-23-8-5-4-6-9-23)38(21-28-29(35)10-7-11-30(28)36)32(40)22-39(25-14-12-24(34)13-15-25)45(42,43)27-18-16-26(44-2)17-19-27/h4-19,31H,3,20-22H2,1-2H3,(H,37,41). The van der Waals surface area contributed by atoms with E-state index in [0.29, 0.717) is 32.9 Å². The Hall–Kier alpha value is -3.76. The van der Waals surface area contributed by atoms with Crippen molar-refractivity contribution in [3.63, 3.8) is 0 Å². The number of hydrogen-bond acceptors (Lipinski definition) is 5. The smallest absolute Gasteiger partial charge is 0.264 e. The number of methoxy groups -OCH3 is 1. The number of rotatable bonds is 13. The number of nitrogens with one attached hydrogen (secondary N) is 1. The highest BCUT2D eigenvalue weighted by molar-refractivity contribution is 7.92. The van der Waals surface area contributed by atoms with E-state index in [1.54, 1.807) is 25.1 Å². The third kappa shape index (κ3) is 8.49. The fourth-order valence-electron chi connectivity index (χ4n) is 4.71. The molecule has 0 heterocycles. The Bertz CT molecular complexity index is 1700. The summed E-state index contributed by atoms with van der Waals surface area (Å²) in [7, 11) is -2.82. The van der Waals surface area contributed by atoms with Crippen molar-refractivity contribution in [2.75, 3.05) is 24.5 Å². The van der Waals surface area contributed by atoms with Gasteiger partial charge in [0.1, 0.15) is 18.3 Å². The molecular formula is C33H32Cl3N3O5S. The molecule has 0 aliphatic carbocycles. The summed E-state index contributed by atoms with van der Waals surface area (Å²) < 4.78 is 34.4. The minimum absolute atomic E-state index is 0.0590. The second kappa shape index (κ2) is 15.5. The molecule has 1 N–H and O–H groups in total. The number of carbonyl (C=O) groups excluding carboxylic acids is 2. The van der Waals surface area contributed by atoms with Gasteiger partial charge >= 0.3 is 0 Å². The van der Waals surface area contributed by atoms with Gasteiger partial charge in [-0.2, -0.15) is 0 Å². The number of sulfonamides is 1. The summed E-state index contributed by atoms with van der Waals surface area (Å²) >= 11 is 19.2. The van der Waals surface area contributed by atoms with Crippen molar-refractivity contribution in [2.45, 2.75) is 30.8 Å². The Kier molecular flexibility index (Phi) is 11.7. The first kappa shape index (κ1) is 34.1. The molecule has 0 fully saturated rings. The van der Waals surface area contributed by atoms with Crippen LogP contribution in [0.25, 0.3) is 0 Å². The minimum atomic E-state index is -4.29. The van der Waals surface area contributed by atoms with Crippen LogP contribution in [0.3, 0.4) is 0 Å². The molecule has 0 spiro atoms. The predicted octanol–water partition coefficient (Wildman–Crippen LogP) is 6.63. The van der Waals surface area contributed by atoms with E-state index >= 15 is 0 Å². The van der Waals surface area contributed by atoms with Crippen LogP contribution in [0.15, 0.2) is 102 Å². The Balaban J connectivity index is 1.82. The second-order valence-electron chi connectivity index (χ2n) is 9.99. The van der Waals surface area contributed by atoms with Gasteiger partial charge in [0.05, 0.1) is 17.7 Å². The lowest BCUT2D eigenvalue weighted by atomic mass is 10.0. The van der Waals surface area contributed by atoms with E-state index in [4.69, 9.17) is 39.5 Å². The van der Waals surface area contributed by atoms with Gasteiger partial charge in [0, 0.05) is 40.1 Å². The van der Waals surface area contributed by atoms with Crippen molar-refractivity contribution in [1.29, 1.82) is 0 Å². The number of halogens is 3. The quantitative estimate of drug-likeness (QED) is 0.170. The maximum Gasteiger partial charge on any atom is 0.264 e. The molecule has 0 bridgehead atoms. The van der Waals surface area contributed by atoms with Gasteiger partial charge in [0.2, 0.25) is 11.8 Å². The molecule has 1 atom stereocenters. The van der Waals surface area contributed by atoms with Gasteiger partial charge in [0.15, 0.2) is 0 Å². The molecule has 45 heavy (non-hydrogen) atoms. The first-order valence-electron chi connectivity index (χ1n) is 14.0. The number of anilines is 1. The summed E-state index contributed by atoms with van der Waals surface area (Å²) in [4.78, 5) is 29.3. The van der Waals surface area contributed by atoms with Crippen molar-refractivity contribution in [2.24, 2.45) is 0 Å². The zero-order chi connectivity index (χ0) is 32.6. The Morgan fingerprint density at radius 3 is 2.04 bits per heavy atom. The van der Waals surface area contributed by atoms with Crippen LogP contribution in [0.5, 0.6) is 5.75 Å². The number of ether oxygens (including phenoxy) is 1. The van der Waals surface area contributed by atoms with Crippen molar-refractivity contribution < 1.29 is 22.7 Å². The van der Waals surface area contributed by atoms with Gasteiger partial charge in [-0.1, -0.05) is 71.2 Å². The third-order valence-electron chi connectivity index (χ3n) is 7.05. The van der Waals surface area contributed by atoms with Crippen LogP contribution in [-0.2, 0) is 32.6 Å². The molecule has 0 saturated carbocycles. The molecule has 4 aromatic rings. The van der Waals surface area contributed by atoms with Gasteiger partial charge in [-0.25, -0.2) is 8.42 Å². The number of carbonyl (C=O) groups is 2. The summed E-state index contributed by atoms with van der Waals surface area (Å²) in [5.74, 6) is -0.587. The SMILES string of the molecule is CCNC(=O)C(Cc1ccccc1)N(Cc1c(Cl)cccc1Cl)C(=O)CN(c1ccc(Cl)cc1)S(=O)(=O)c1ccc(OC)cc1. The molecule has 0 aliphatic rings. The van der Waals surface area contributed by atoms with Crippen molar-refractivity contribution in [3.05, 3.63) is 123 Å². The number of nitrogens with zero attached hydrogens (tertiary/aromatic N) is 2. The molecule has 12 heteroatoms. The van der Waals surface area contributed by atoms with E-state index in [-0.39, 0.29) is 23.5 Å². The van der Waals surface area contributed by atoms with Crippen LogP contribution in [0.1, 0.15) is 18.1 Å². The number of hydrogen-bond donors (Lipinski definition) is 1. The van der Waals surface area contributed by atoms with Crippen LogP contribution in [0, 0.1) is 0 Å². The van der Waals surface area contributed by atoms with Gasteiger partial charge in [-0.05, 0) is 73.2 Å². The highest BCUT2D eigenvalue weighted by Gasteiger charge is 2.35. The van der Waals surface area contributed by atoms with E-state index in [0.717, 1.165) is 9.87 Å². The lowest BCUT2D eigenvalue weighted by molar-refractivity contribution is -0.140. The Morgan fingerprint density at radius 1 is 0.844 bits per heavy atom. The zero-order valence-electron chi connectivity index (χ0n) is 24.6. The highest BCUT2D eigenvalue weighted by Crippen LogP contribution is 2.30. The largest absolute Gasteiger partial charge is 0.497 e. The summed E-state index contributed by atoms with van der Waals surface area (Å²) in [6.07, 6.45) is 0.159. The molecular weight excluding hydrogens is 657 g/mol. The van der Waals surface area contributed by atoms with E-state index in [9.17, 15) is 18.0 Å². The maximum absolute atomic E-state index is 14.4. The monoisotopic (exact) mass is 687 g/mol. The zero-order valence-corrected chi connectivity index (χ0v) is 27.7. The first-order chi connectivity index (χ1) is 21.5. The second-order valence-corrected chi connectivity index (χ2v) is 13.1. The van der Waals surface area contributed by atoms with E-state index in [2.05, 4.69) is 5.32 Å². The summed E-state index contributed by atoms with van der Waals surface area (Å²) in [6, 6.07) is 25.1. The molecule has 236 valence electrons. The van der Waals surface area contributed by atoms with Gasteiger partial charge < -0.3 is 15.0 Å². The number of likely N-dealkylation sites (N-methyl/N-ethyl adjacent to an activating group) is 1. The fraction of sp³-hybridized carbons (Fsp3) is 0.212. The molecule has 2 amide bonds. The molecule has 0 aliphatic heterocycles. The van der Waals surface area contributed by atoms with Gasteiger partial charge in [-0.15, -0.1) is 0 Å². The topological polar surface area (TPSA) is 96.0 Å². The minimum Gasteiger partial charge on any atom is -0.497 e. The maximum atomic E-state index is 14.4. The first-order valence-corrected chi connectivity index (χ1v) is 16.6. The average molecular weight is 689 g/mol. The molecule has 8 nitrogen and oxygen atoms in total.